The fourth-order valence-electron chi connectivity index (χ4n) is 3.66. The molecule has 1 heterocycles. The summed E-state index contributed by atoms with van der Waals surface area (Å²) in [7, 11) is 1.86. The van der Waals surface area contributed by atoms with Crippen LogP contribution in [0.3, 0.4) is 0 Å². The van der Waals surface area contributed by atoms with Crippen LogP contribution in [0.2, 0.25) is 0 Å². The molecule has 2 N–H and O–H groups in total. The Morgan fingerprint density at radius 3 is 2.84 bits per heavy atom. The monoisotopic (exact) mass is 286 g/mol. The number of hydrogen-bond acceptors (Lipinski definition) is 4. The highest BCUT2D eigenvalue weighted by atomic mass is 32.2. The van der Waals surface area contributed by atoms with Gasteiger partial charge in [0.1, 0.15) is 5.54 Å². The van der Waals surface area contributed by atoms with E-state index in [1.54, 1.807) is 16.7 Å². The SMILES string of the molecule is CSCCN(C)C(=O)C1(N)C2CCCOC2C1(C)C. The summed E-state index contributed by atoms with van der Waals surface area (Å²) in [5.74, 6) is 1.21. The van der Waals surface area contributed by atoms with Crippen molar-refractivity contribution in [1.82, 2.24) is 4.90 Å². The molecule has 3 atom stereocenters. The van der Waals surface area contributed by atoms with E-state index in [0.29, 0.717) is 0 Å². The number of carbonyl (C=O) groups is 1. The second kappa shape index (κ2) is 5.26. The zero-order valence-electron chi connectivity index (χ0n) is 12.4. The summed E-state index contributed by atoms with van der Waals surface area (Å²) in [6, 6.07) is 0. The lowest BCUT2D eigenvalue weighted by molar-refractivity contribution is -0.229. The van der Waals surface area contributed by atoms with Crippen LogP contribution in [0.15, 0.2) is 0 Å². The van der Waals surface area contributed by atoms with Gasteiger partial charge in [0.05, 0.1) is 6.10 Å². The minimum atomic E-state index is -0.759. The highest BCUT2D eigenvalue weighted by Gasteiger charge is 2.70. The van der Waals surface area contributed by atoms with E-state index in [-0.39, 0.29) is 23.3 Å². The molecule has 0 aromatic carbocycles. The van der Waals surface area contributed by atoms with Crippen LogP contribution >= 0.6 is 11.8 Å². The molecule has 1 saturated heterocycles. The summed E-state index contributed by atoms with van der Waals surface area (Å²) >= 11 is 1.75. The first-order valence-corrected chi connectivity index (χ1v) is 8.41. The number of nitrogens with zero attached hydrogens (tertiary/aromatic N) is 1. The maximum Gasteiger partial charge on any atom is 0.243 e. The molecule has 0 spiro atoms. The highest BCUT2D eigenvalue weighted by Crippen LogP contribution is 2.57. The highest BCUT2D eigenvalue weighted by molar-refractivity contribution is 7.98. The quantitative estimate of drug-likeness (QED) is 0.847. The van der Waals surface area contributed by atoms with Crippen LogP contribution in [0.25, 0.3) is 0 Å². The number of amides is 1. The van der Waals surface area contributed by atoms with E-state index in [4.69, 9.17) is 10.5 Å². The Morgan fingerprint density at radius 2 is 2.21 bits per heavy atom. The summed E-state index contributed by atoms with van der Waals surface area (Å²) in [4.78, 5) is 14.6. The van der Waals surface area contributed by atoms with E-state index in [1.165, 1.54) is 0 Å². The lowest BCUT2D eigenvalue weighted by Crippen LogP contribution is -2.82. The van der Waals surface area contributed by atoms with Crippen LogP contribution in [-0.2, 0) is 9.53 Å². The van der Waals surface area contributed by atoms with Gasteiger partial charge in [-0.15, -0.1) is 0 Å². The molecule has 3 unspecified atom stereocenters. The van der Waals surface area contributed by atoms with Gasteiger partial charge in [0.15, 0.2) is 0 Å². The maximum atomic E-state index is 12.8. The Kier molecular flexibility index (Phi) is 4.19. The summed E-state index contributed by atoms with van der Waals surface area (Å²) in [6.07, 6.45) is 4.21. The first kappa shape index (κ1) is 15.1. The standard InChI is InChI=1S/C14H26N2O2S/c1-13(2)11-10(6-5-8-18-11)14(13,15)12(17)16(3)7-9-19-4/h10-11H,5-9,15H2,1-4H3. The van der Waals surface area contributed by atoms with Crippen molar-refractivity contribution in [3.05, 3.63) is 0 Å². The molecule has 2 aliphatic rings. The van der Waals surface area contributed by atoms with E-state index < -0.39 is 5.54 Å². The van der Waals surface area contributed by atoms with Crippen LogP contribution in [0.5, 0.6) is 0 Å². The molecule has 4 nitrogen and oxygen atoms in total. The molecular formula is C14H26N2O2S. The minimum Gasteiger partial charge on any atom is -0.377 e. The number of nitrogens with two attached hydrogens (primary N) is 1. The average Bonchev–Trinajstić information content (AvgIpc) is 2.42. The second-order valence-electron chi connectivity index (χ2n) is 6.35. The van der Waals surface area contributed by atoms with Crippen LogP contribution in [0.4, 0.5) is 0 Å². The molecule has 0 radical (unpaired) electrons. The van der Waals surface area contributed by atoms with Crippen molar-refractivity contribution in [2.24, 2.45) is 17.1 Å². The third-order valence-electron chi connectivity index (χ3n) is 5.02. The average molecular weight is 286 g/mol. The smallest absolute Gasteiger partial charge is 0.243 e. The van der Waals surface area contributed by atoms with Gasteiger partial charge in [0.2, 0.25) is 5.91 Å². The summed E-state index contributed by atoms with van der Waals surface area (Å²) in [5.41, 5.74) is 5.54. The van der Waals surface area contributed by atoms with Gasteiger partial charge in [0, 0.05) is 37.3 Å². The number of likely N-dealkylation sites (N-methyl/N-ethyl adjacent to an activating group) is 1. The summed E-state index contributed by atoms with van der Waals surface area (Å²) in [6.45, 7) is 5.70. The molecule has 110 valence electrons. The van der Waals surface area contributed by atoms with Crippen molar-refractivity contribution in [3.63, 3.8) is 0 Å². The van der Waals surface area contributed by atoms with Crippen molar-refractivity contribution in [1.29, 1.82) is 0 Å². The largest absolute Gasteiger partial charge is 0.377 e. The van der Waals surface area contributed by atoms with Gasteiger partial charge in [0.25, 0.3) is 0 Å². The minimum absolute atomic E-state index is 0.0818. The first-order valence-electron chi connectivity index (χ1n) is 7.02. The number of fused-ring (bicyclic) bond motifs is 1. The molecule has 2 rings (SSSR count). The number of hydrogen-bond donors (Lipinski definition) is 1. The predicted octanol–water partition coefficient (Wildman–Crippen LogP) is 1.34. The fraction of sp³-hybridized carbons (Fsp3) is 0.929. The zero-order valence-corrected chi connectivity index (χ0v) is 13.3. The van der Waals surface area contributed by atoms with E-state index in [1.807, 2.05) is 7.05 Å². The first-order chi connectivity index (χ1) is 8.87. The summed E-state index contributed by atoms with van der Waals surface area (Å²) in [5, 5.41) is 0. The Balaban J connectivity index is 2.14. The van der Waals surface area contributed by atoms with Gasteiger partial charge >= 0.3 is 0 Å². The van der Waals surface area contributed by atoms with Crippen LogP contribution < -0.4 is 5.73 Å². The van der Waals surface area contributed by atoms with Gasteiger partial charge in [-0.05, 0) is 19.1 Å². The number of ether oxygens (including phenoxy) is 1. The van der Waals surface area contributed by atoms with Gasteiger partial charge in [-0.25, -0.2) is 0 Å². The van der Waals surface area contributed by atoms with Crippen molar-refractivity contribution in [2.75, 3.05) is 32.2 Å². The second-order valence-corrected chi connectivity index (χ2v) is 7.34. The van der Waals surface area contributed by atoms with E-state index in [9.17, 15) is 4.79 Å². The lowest BCUT2D eigenvalue weighted by atomic mass is 9.46. The van der Waals surface area contributed by atoms with Crippen molar-refractivity contribution >= 4 is 17.7 Å². The molecule has 19 heavy (non-hydrogen) atoms. The Hall–Kier alpha value is -0.260. The molecule has 0 bridgehead atoms. The van der Waals surface area contributed by atoms with Gasteiger partial charge in [-0.3, -0.25) is 4.79 Å². The normalized spacial score (nSPS) is 36.3. The van der Waals surface area contributed by atoms with Crippen LogP contribution in [0, 0.1) is 11.3 Å². The molecule has 1 aliphatic heterocycles. The Labute approximate surface area is 120 Å². The molecule has 5 heteroatoms. The number of rotatable bonds is 4. The Morgan fingerprint density at radius 1 is 1.53 bits per heavy atom. The van der Waals surface area contributed by atoms with Crippen LogP contribution in [0.1, 0.15) is 26.7 Å². The Bertz CT molecular complexity index is 361. The molecule has 0 aromatic rings. The van der Waals surface area contributed by atoms with E-state index in [2.05, 4.69) is 20.1 Å². The van der Waals surface area contributed by atoms with E-state index >= 15 is 0 Å². The molecule has 1 aliphatic carbocycles. The van der Waals surface area contributed by atoms with Crippen molar-refractivity contribution in [3.8, 4) is 0 Å². The third kappa shape index (κ3) is 2.10. The lowest BCUT2D eigenvalue weighted by Gasteiger charge is -2.65. The molecule has 1 saturated carbocycles. The van der Waals surface area contributed by atoms with Crippen molar-refractivity contribution < 1.29 is 9.53 Å². The molecule has 2 fully saturated rings. The topological polar surface area (TPSA) is 55.6 Å². The third-order valence-corrected chi connectivity index (χ3v) is 5.61. The molecule has 0 aromatic heterocycles. The number of carbonyl (C=O) groups excluding carboxylic acids is 1. The van der Waals surface area contributed by atoms with Gasteiger partial charge in [-0.1, -0.05) is 13.8 Å². The number of thioether (sulfide) groups is 1. The zero-order chi connectivity index (χ0) is 14.3. The van der Waals surface area contributed by atoms with Crippen LogP contribution in [-0.4, -0.2) is 54.7 Å². The van der Waals surface area contributed by atoms with Crippen molar-refractivity contribution in [2.45, 2.75) is 38.3 Å². The fourth-order valence-corrected chi connectivity index (χ4v) is 4.11. The summed E-state index contributed by atoms with van der Waals surface area (Å²) < 4.78 is 5.84. The maximum absolute atomic E-state index is 12.8. The van der Waals surface area contributed by atoms with E-state index in [0.717, 1.165) is 31.7 Å². The van der Waals surface area contributed by atoms with Gasteiger partial charge in [-0.2, -0.15) is 11.8 Å². The predicted molar refractivity (Wildman–Crippen MR) is 79.2 cm³/mol. The van der Waals surface area contributed by atoms with Gasteiger partial charge < -0.3 is 15.4 Å². The molecule has 1 amide bonds. The molecular weight excluding hydrogens is 260 g/mol.